The molecule has 0 spiro atoms. The summed E-state index contributed by atoms with van der Waals surface area (Å²) in [6.45, 7) is 8.35. The van der Waals surface area contributed by atoms with Crippen LogP contribution in [0, 0.1) is 27.7 Å². The number of benzene rings is 1. The van der Waals surface area contributed by atoms with Crippen LogP contribution in [0.1, 0.15) is 22.4 Å². The van der Waals surface area contributed by atoms with E-state index in [0.717, 1.165) is 11.4 Å². The smallest absolute Gasteiger partial charge is 0.0675 e. The van der Waals surface area contributed by atoms with E-state index in [1.807, 2.05) is 11.6 Å². The molecule has 0 saturated carbocycles. The molecule has 0 aliphatic heterocycles. The van der Waals surface area contributed by atoms with Crippen molar-refractivity contribution in [1.82, 2.24) is 9.78 Å². The van der Waals surface area contributed by atoms with E-state index in [1.54, 1.807) is 0 Å². The summed E-state index contributed by atoms with van der Waals surface area (Å²) in [5, 5.41) is 4.49. The van der Waals surface area contributed by atoms with Crippen LogP contribution in [0.3, 0.4) is 0 Å². The first-order chi connectivity index (χ1) is 7.08. The van der Waals surface area contributed by atoms with E-state index in [4.69, 9.17) is 0 Å². The fourth-order valence-corrected chi connectivity index (χ4v) is 1.73. The molecule has 0 unspecified atom stereocenters. The summed E-state index contributed by atoms with van der Waals surface area (Å²) < 4.78 is 1.96. The van der Waals surface area contributed by atoms with Crippen molar-refractivity contribution in [2.75, 3.05) is 0 Å². The molecule has 1 aromatic carbocycles. The molecule has 0 aliphatic rings. The third kappa shape index (κ3) is 1.80. The number of hydrogen-bond donors (Lipinski definition) is 0. The first kappa shape index (κ1) is 9.97. The van der Waals surface area contributed by atoms with Gasteiger partial charge in [0.1, 0.15) is 0 Å². The molecule has 0 amide bonds. The second-order valence-corrected chi connectivity index (χ2v) is 4.13. The lowest BCUT2D eigenvalue weighted by molar-refractivity contribution is 0.855. The Morgan fingerprint density at radius 1 is 1.00 bits per heavy atom. The van der Waals surface area contributed by atoms with Gasteiger partial charge in [-0.25, -0.2) is 4.68 Å². The zero-order valence-electron chi connectivity index (χ0n) is 9.70. The van der Waals surface area contributed by atoms with E-state index >= 15 is 0 Å². The predicted molar refractivity (Wildman–Crippen MR) is 62.5 cm³/mol. The van der Waals surface area contributed by atoms with Crippen LogP contribution < -0.4 is 0 Å². The number of hydrogen-bond acceptors (Lipinski definition) is 1. The van der Waals surface area contributed by atoms with Crippen LogP contribution in [-0.4, -0.2) is 9.78 Å². The lowest BCUT2D eigenvalue weighted by atomic mass is 10.1. The van der Waals surface area contributed by atoms with E-state index in [1.165, 1.54) is 16.7 Å². The van der Waals surface area contributed by atoms with Crippen molar-refractivity contribution in [2.45, 2.75) is 27.7 Å². The maximum Gasteiger partial charge on any atom is 0.0675 e. The molecule has 78 valence electrons. The fraction of sp³-hybridized carbons (Fsp3) is 0.308. The number of nitrogens with zero attached hydrogens (tertiary/aromatic N) is 2. The second-order valence-electron chi connectivity index (χ2n) is 4.13. The summed E-state index contributed by atoms with van der Waals surface area (Å²) in [5.74, 6) is 0. The van der Waals surface area contributed by atoms with Gasteiger partial charge < -0.3 is 0 Å². The Balaban J connectivity index is 2.54. The van der Waals surface area contributed by atoms with Crippen molar-refractivity contribution in [1.29, 1.82) is 0 Å². The maximum atomic E-state index is 4.49. The molecule has 1 heterocycles. The molecule has 0 radical (unpaired) electrons. The van der Waals surface area contributed by atoms with Crippen molar-refractivity contribution in [3.63, 3.8) is 0 Å². The van der Waals surface area contributed by atoms with Crippen molar-refractivity contribution < 1.29 is 0 Å². The Morgan fingerprint density at radius 3 is 2.27 bits per heavy atom. The summed E-state index contributed by atoms with van der Waals surface area (Å²) in [6, 6.07) is 6.42. The van der Waals surface area contributed by atoms with Gasteiger partial charge in [-0.2, -0.15) is 5.10 Å². The monoisotopic (exact) mass is 200 g/mol. The molecule has 2 aromatic rings. The van der Waals surface area contributed by atoms with Crippen LogP contribution in [0.15, 0.2) is 24.4 Å². The normalized spacial score (nSPS) is 10.7. The number of aryl methyl sites for hydroxylation is 4. The first-order valence-electron chi connectivity index (χ1n) is 5.18. The fourth-order valence-electron chi connectivity index (χ4n) is 1.73. The van der Waals surface area contributed by atoms with Crippen LogP contribution in [0.25, 0.3) is 5.69 Å². The zero-order chi connectivity index (χ0) is 11.0. The van der Waals surface area contributed by atoms with Gasteiger partial charge in [-0.15, -0.1) is 0 Å². The summed E-state index contributed by atoms with van der Waals surface area (Å²) in [6.07, 6.45) is 2.08. The first-order valence-corrected chi connectivity index (χ1v) is 5.18. The second kappa shape index (κ2) is 3.54. The number of rotatable bonds is 1. The van der Waals surface area contributed by atoms with Crippen LogP contribution >= 0.6 is 0 Å². The van der Waals surface area contributed by atoms with Gasteiger partial charge in [0, 0.05) is 6.20 Å². The van der Waals surface area contributed by atoms with Crippen LogP contribution in [-0.2, 0) is 0 Å². The van der Waals surface area contributed by atoms with E-state index < -0.39 is 0 Å². The average Bonchev–Trinajstić information content (AvgIpc) is 2.46. The standard InChI is InChI=1S/C13H16N2/c1-9-5-6-13(10(2)7-9)15-8-11(3)12(4)14-15/h5-8H,1-4H3. The van der Waals surface area contributed by atoms with Crippen LogP contribution in [0.2, 0.25) is 0 Å². The van der Waals surface area contributed by atoms with E-state index in [-0.39, 0.29) is 0 Å². The lowest BCUT2D eigenvalue weighted by Crippen LogP contribution is -1.98. The maximum absolute atomic E-state index is 4.49. The molecule has 15 heavy (non-hydrogen) atoms. The molecule has 0 N–H and O–H groups in total. The molecular weight excluding hydrogens is 184 g/mol. The largest absolute Gasteiger partial charge is 0.240 e. The van der Waals surface area contributed by atoms with Crippen LogP contribution in [0.5, 0.6) is 0 Å². The molecule has 0 bridgehead atoms. The molecular formula is C13H16N2. The third-order valence-electron chi connectivity index (χ3n) is 2.74. The topological polar surface area (TPSA) is 17.8 Å². The van der Waals surface area contributed by atoms with Gasteiger partial charge in [0.05, 0.1) is 11.4 Å². The van der Waals surface area contributed by atoms with Gasteiger partial charge in [0.2, 0.25) is 0 Å². The van der Waals surface area contributed by atoms with Crippen molar-refractivity contribution in [3.05, 3.63) is 46.8 Å². The summed E-state index contributed by atoms with van der Waals surface area (Å²) in [5.41, 5.74) is 6.04. The van der Waals surface area contributed by atoms with Gasteiger partial charge in [-0.05, 0) is 44.9 Å². The minimum atomic E-state index is 1.09. The van der Waals surface area contributed by atoms with E-state index in [2.05, 4.69) is 50.3 Å². The highest BCUT2D eigenvalue weighted by Gasteiger charge is 2.04. The minimum Gasteiger partial charge on any atom is -0.240 e. The summed E-state index contributed by atoms with van der Waals surface area (Å²) in [4.78, 5) is 0. The summed E-state index contributed by atoms with van der Waals surface area (Å²) in [7, 11) is 0. The lowest BCUT2D eigenvalue weighted by Gasteiger charge is -2.06. The average molecular weight is 200 g/mol. The van der Waals surface area contributed by atoms with Crippen LogP contribution in [0.4, 0.5) is 0 Å². The molecule has 0 atom stereocenters. The SMILES string of the molecule is Cc1ccc(-n2cc(C)c(C)n2)c(C)c1. The van der Waals surface area contributed by atoms with E-state index in [0.29, 0.717) is 0 Å². The Hall–Kier alpha value is -1.57. The van der Waals surface area contributed by atoms with Crippen molar-refractivity contribution in [2.24, 2.45) is 0 Å². The Labute approximate surface area is 90.6 Å². The molecule has 0 fully saturated rings. The Bertz CT molecular complexity index is 476. The molecule has 1 aromatic heterocycles. The van der Waals surface area contributed by atoms with Gasteiger partial charge in [0.15, 0.2) is 0 Å². The highest BCUT2D eigenvalue weighted by Crippen LogP contribution is 2.16. The molecule has 0 saturated heterocycles. The Kier molecular flexibility index (Phi) is 2.35. The van der Waals surface area contributed by atoms with E-state index in [9.17, 15) is 0 Å². The predicted octanol–water partition coefficient (Wildman–Crippen LogP) is 3.11. The highest BCUT2D eigenvalue weighted by molar-refractivity contribution is 5.42. The summed E-state index contributed by atoms with van der Waals surface area (Å²) >= 11 is 0. The molecule has 2 heteroatoms. The highest BCUT2D eigenvalue weighted by atomic mass is 15.3. The quantitative estimate of drug-likeness (QED) is 0.691. The zero-order valence-corrected chi connectivity index (χ0v) is 9.70. The minimum absolute atomic E-state index is 1.09. The van der Waals surface area contributed by atoms with Gasteiger partial charge >= 0.3 is 0 Å². The molecule has 2 nitrogen and oxygen atoms in total. The van der Waals surface area contributed by atoms with Crippen molar-refractivity contribution in [3.8, 4) is 5.69 Å². The van der Waals surface area contributed by atoms with Gasteiger partial charge in [-0.3, -0.25) is 0 Å². The Morgan fingerprint density at radius 2 is 1.73 bits per heavy atom. The molecule has 2 rings (SSSR count). The van der Waals surface area contributed by atoms with Gasteiger partial charge in [-0.1, -0.05) is 17.7 Å². The third-order valence-corrected chi connectivity index (χ3v) is 2.74. The molecule has 0 aliphatic carbocycles. The van der Waals surface area contributed by atoms with Crippen molar-refractivity contribution >= 4 is 0 Å². The number of aromatic nitrogens is 2. The van der Waals surface area contributed by atoms with Gasteiger partial charge in [0.25, 0.3) is 0 Å².